The van der Waals surface area contributed by atoms with Crippen molar-refractivity contribution in [3.05, 3.63) is 0 Å². The van der Waals surface area contributed by atoms with Crippen LogP contribution in [0.15, 0.2) is 0 Å². The summed E-state index contributed by atoms with van der Waals surface area (Å²) in [6.45, 7) is 2.58. The second kappa shape index (κ2) is 13.4. The summed E-state index contributed by atoms with van der Waals surface area (Å²) < 4.78 is 0. The van der Waals surface area contributed by atoms with E-state index in [-0.39, 0.29) is 58.2 Å². The normalized spacial score (nSPS) is 9.00. The Bertz CT molecular complexity index is 42.5. The zero-order chi connectivity index (χ0) is 6.95. The van der Waals surface area contributed by atoms with E-state index in [0.717, 1.165) is 6.42 Å². The summed E-state index contributed by atoms with van der Waals surface area (Å²) in [5, 5.41) is 8.42. The topological polar surface area (TPSA) is 20.2 Å². The van der Waals surface area contributed by atoms with Crippen molar-refractivity contribution in [2.75, 3.05) is 6.61 Å². The van der Waals surface area contributed by atoms with Crippen molar-refractivity contribution in [1.29, 1.82) is 0 Å². The third-order valence-electron chi connectivity index (χ3n) is 1.51. The van der Waals surface area contributed by atoms with Crippen LogP contribution in [0.25, 0.3) is 0 Å². The third kappa shape index (κ3) is 12.4. The van der Waals surface area contributed by atoms with Gasteiger partial charge in [-0.25, -0.2) is 0 Å². The minimum absolute atomic E-state index is 0. The molecule has 0 aliphatic heterocycles. The molecule has 0 aliphatic rings. The summed E-state index contributed by atoms with van der Waals surface area (Å²) in [6.07, 6.45) is 7.50. The van der Waals surface area contributed by atoms with Crippen LogP contribution in [0.1, 0.15) is 45.4 Å². The van der Waals surface area contributed by atoms with Gasteiger partial charge in [0.2, 0.25) is 0 Å². The summed E-state index contributed by atoms with van der Waals surface area (Å²) in [5.74, 6) is 0. The van der Waals surface area contributed by atoms with E-state index in [4.69, 9.17) is 5.11 Å². The van der Waals surface area contributed by atoms with Crippen molar-refractivity contribution in [3.63, 3.8) is 0 Å². The van der Waals surface area contributed by atoms with Crippen LogP contribution >= 0.6 is 0 Å². The fourth-order valence-corrected chi connectivity index (χ4v) is 0.892. The Hall–Kier alpha value is 1.77. The average Bonchev–Trinajstić information content (AvgIpc) is 1.89. The van der Waals surface area contributed by atoms with E-state index in [0.29, 0.717) is 6.61 Å². The molecular formula is C8H19ORb. The number of unbranched alkanes of at least 4 members (excludes halogenated alkanes) is 5. The fraction of sp³-hybridized carbons (Fsp3) is 1.00. The number of aliphatic hydroxyl groups excluding tert-OH is 1. The Morgan fingerprint density at radius 3 is 1.90 bits per heavy atom. The van der Waals surface area contributed by atoms with Gasteiger partial charge < -0.3 is 5.11 Å². The van der Waals surface area contributed by atoms with Crippen LogP contribution in [0.4, 0.5) is 0 Å². The Kier molecular flexibility index (Phi) is 19.1. The van der Waals surface area contributed by atoms with Gasteiger partial charge in [-0.2, -0.15) is 0 Å². The molecule has 0 aromatic carbocycles. The van der Waals surface area contributed by atoms with Crippen LogP contribution < -0.4 is 0 Å². The second-order valence-corrected chi connectivity index (χ2v) is 2.49. The molecule has 58 valence electrons. The molecule has 0 fully saturated rings. The summed E-state index contributed by atoms with van der Waals surface area (Å²) >= 11 is 0. The molecule has 0 saturated carbocycles. The maximum atomic E-state index is 8.42. The van der Waals surface area contributed by atoms with Gasteiger partial charge in [0.05, 0.1) is 0 Å². The van der Waals surface area contributed by atoms with Crippen molar-refractivity contribution in [3.8, 4) is 0 Å². The Morgan fingerprint density at radius 2 is 1.40 bits per heavy atom. The zero-order valence-corrected chi connectivity index (χ0v) is 6.40. The minimum atomic E-state index is 0. The number of rotatable bonds is 6. The van der Waals surface area contributed by atoms with Gasteiger partial charge in [0.25, 0.3) is 0 Å². The molecular weight excluding hydrogens is 198 g/mol. The summed E-state index contributed by atoms with van der Waals surface area (Å²) in [4.78, 5) is 0. The van der Waals surface area contributed by atoms with Crippen LogP contribution in [-0.2, 0) is 0 Å². The van der Waals surface area contributed by atoms with E-state index in [1.54, 1.807) is 0 Å². The molecule has 0 heterocycles. The fourth-order valence-electron chi connectivity index (χ4n) is 0.892. The molecule has 0 aromatic heterocycles. The van der Waals surface area contributed by atoms with Gasteiger partial charge in [0, 0.05) is 6.61 Å². The number of aliphatic hydroxyl groups is 1. The van der Waals surface area contributed by atoms with Crippen molar-refractivity contribution in [1.82, 2.24) is 0 Å². The molecule has 0 aromatic rings. The van der Waals surface area contributed by atoms with Crippen LogP contribution in [-0.4, -0.2) is 69.9 Å². The van der Waals surface area contributed by atoms with Crippen molar-refractivity contribution in [2.45, 2.75) is 45.4 Å². The average molecular weight is 217 g/mol. The molecule has 0 radical (unpaired) electrons. The standard InChI is InChI=1S/C8H18O.Rb.H/c1-2-3-4-5-6-7-8-9;;/h9H,2-8H2,1H3;;. The third-order valence-corrected chi connectivity index (χ3v) is 1.51. The molecule has 2 heteroatoms. The van der Waals surface area contributed by atoms with E-state index in [1.165, 1.54) is 32.1 Å². The quantitative estimate of drug-likeness (QED) is 0.670. The molecule has 0 amide bonds. The molecule has 0 bridgehead atoms. The first-order chi connectivity index (χ1) is 4.41. The van der Waals surface area contributed by atoms with Gasteiger partial charge >= 0.3 is 58.2 Å². The summed E-state index contributed by atoms with van der Waals surface area (Å²) in [7, 11) is 0. The Labute approximate surface area is 113 Å². The van der Waals surface area contributed by atoms with Crippen molar-refractivity contribution in [2.24, 2.45) is 0 Å². The first-order valence-electron chi connectivity index (χ1n) is 4.02. The zero-order valence-electron chi connectivity index (χ0n) is 6.40. The van der Waals surface area contributed by atoms with Gasteiger partial charge in [-0.05, 0) is 6.42 Å². The van der Waals surface area contributed by atoms with E-state index >= 15 is 0 Å². The van der Waals surface area contributed by atoms with E-state index in [9.17, 15) is 0 Å². The van der Waals surface area contributed by atoms with Crippen LogP contribution in [0.5, 0.6) is 0 Å². The van der Waals surface area contributed by atoms with Crippen LogP contribution in [0.3, 0.4) is 0 Å². The monoisotopic (exact) mass is 216 g/mol. The maximum absolute atomic E-state index is 8.42. The number of hydrogen-bond donors (Lipinski definition) is 1. The molecule has 0 saturated heterocycles. The van der Waals surface area contributed by atoms with Gasteiger partial charge in [-0.3, -0.25) is 0 Å². The molecule has 0 spiro atoms. The first-order valence-corrected chi connectivity index (χ1v) is 4.02. The molecule has 0 atom stereocenters. The van der Waals surface area contributed by atoms with Gasteiger partial charge in [-0.15, -0.1) is 0 Å². The molecule has 1 nitrogen and oxygen atoms in total. The Morgan fingerprint density at radius 1 is 0.900 bits per heavy atom. The predicted octanol–water partition coefficient (Wildman–Crippen LogP) is 1.69. The van der Waals surface area contributed by atoms with Gasteiger partial charge in [-0.1, -0.05) is 39.0 Å². The van der Waals surface area contributed by atoms with Crippen LogP contribution in [0, 0.1) is 0 Å². The van der Waals surface area contributed by atoms with E-state index in [2.05, 4.69) is 6.92 Å². The van der Waals surface area contributed by atoms with E-state index in [1.807, 2.05) is 0 Å². The predicted molar refractivity (Wildman–Crippen MR) is 47.6 cm³/mol. The summed E-state index contributed by atoms with van der Waals surface area (Å²) in [6, 6.07) is 0. The molecule has 0 rings (SSSR count). The molecule has 0 unspecified atom stereocenters. The van der Waals surface area contributed by atoms with Gasteiger partial charge in [0.1, 0.15) is 0 Å². The van der Waals surface area contributed by atoms with Crippen molar-refractivity contribution < 1.29 is 5.11 Å². The Balaban J connectivity index is 0. The molecule has 10 heavy (non-hydrogen) atoms. The second-order valence-electron chi connectivity index (χ2n) is 2.49. The molecule has 0 aliphatic carbocycles. The van der Waals surface area contributed by atoms with Crippen molar-refractivity contribution >= 4 is 58.2 Å². The van der Waals surface area contributed by atoms with Crippen LogP contribution in [0.2, 0.25) is 0 Å². The molecule has 1 N–H and O–H groups in total. The SMILES string of the molecule is CCCCCCCCO.[RbH]. The summed E-state index contributed by atoms with van der Waals surface area (Å²) in [5.41, 5.74) is 0. The first kappa shape index (κ1) is 14.3. The van der Waals surface area contributed by atoms with Gasteiger partial charge in [0.15, 0.2) is 0 Å². The number of hydrogen-bond acceptors (Lipinski definition) is 1. The van der Waals surface area contributed by atoms with E-state index < -0.39 is 0 Å².